The van der Waals surface area contributed by atoms with Crippen molar-refractivity contribution in [3.63, 3.8) is 0 Å². The zero-order chi connectivity index (χ0) is 42.1. The van der Waals surface area contributed by atoms with Crippen molar-refractivity contribution in [2.45, 2.75) is 0 Å². The Morgan fingerprint density at radius 1 is 0.328 bits per heavy atom. The summed E-state index contributed by atoms with van der Waals surface area (Å²) in [7, 11) is 0. The molecule has 0 saturated carbocycles. The summed E-state index contributed by atoms with van der Waals surface area (Å²) >= 11 is 1.81. The molecule has 0 unspecified atom stereocenters. The van der Waals surface area contributed by atoms with E-state index in [9.17, 15) is 0 Å². The molecule has 0 aliphatic heterocycles. The van der Waals surface area contributed by atoms with Gasteiger partial charge in [0.2, 0.25) is 0 Å². The van der Waals surface area contributed by atoms with E-state index >= 15 is 0 Å². The number of hydrogen-bond donors (Lipinski definition) is 0. The Labute approximate surface area is 372 Å². The van der Waals surface area contributed by atoms with Crippen molar-refractivity contribution < 1.29 is 0 Å². The standard InChI is InChI=1S/C58H35N5S/c1-3-11-36(12-4-1)38-19-25-41(26-20-38)55-60-56(42-27-21-39(22-28-42)37-13-5-2-6-14-37)62-57(61-55)43-29-23-40(24-30-43)51-35-49-48-17-9-10-18-53(48)64-54(49)58-59-50-33-46-31-44-15-7-8-16-45(44)32-47(46)34-52(50)63(51)58/h1-35H. The summed E-state index contributed by atoms with van der Waals surface area (Å²) in [5.41, 5.74) is 12.5. The van der Waals surface area contributed by atoms with Gasteiger partial charge in [0, 0.05) is 32.2 Å². The van der Waals surface area contributed by atoms with Crippen molar-refractivity contribution in [1.82, 2.24) is 24.3 Å². The van der Waals surface area contributed by atoms with Crippen LogP contribution in [0.3, 0.4) is 0 Å². The summed E-state index contributed by atoms with van der Waals surface area (Å²) in [4.78, 5) is 20.7. The van der Waals surface area contributed by atoms with E-state index in [1.54, 1.807) is 0 Å². The molecule has 13 aromatic rings. The molecule has 5 nitrogen and oxygen atoms in total. The Bertz CT molecular complexity index is 3810. The molecule has 0 atom stereocenters. The summed E-state index contributed by atoms with van der Waals surface area (Å²) in [6, 6.07) is 75.1. The third-order valence-electron chi connectivity index (χ3n) is 12.4. The van der Waals surface area contributed by atoms with E-state index in [2.05, 4.69) is 205 Å². The topological polar surface area (TPSA) is 56.0 Å². The number of nitrogens with zero attached hydrogens (tertiary/aromatic N) is 5. The Hall–Kier alpha value is -8.32. The van der Waals surface area contributed by atoms with Crippen LogP contribution in [0.2, 0.25) is 0 Å². The average Bonchev–Trinajstić information content (AvgIpc) is 3.93. The lowest BCUT2D eigenvalue weighted by atomic mass is 10.0. The first-order valence-corrected chi connectivity index (χ1v) is 22.3. The van der Waals surface area contributed by atoms with E-state index < -0.39 is 0 Å². The van der Waals surface area contributed by atoms with Crippen LogP contribution in [-0.4, -0.2) is 24.3 Å². The Morgan fingerprint density at radius 3 is 1.34 bits per heavy atom. The highest BCUT2D eigenvalue weighted by atomic mass is 32.1. The van der Waals surface area contributed by atoms with Crippen molar-refractivity contribution in [2.75, 3.05) is 0 Å². The fourth-order valence-electron chi connectivity index (χ4n) is 9.14. The van der Waals surface area contributed by atoms with Crippen LogP contribution < -0.4 is 0 Å². The van der Waals surface area contributed by atoms with Gasteiger partial charge in [-0.2, -0.15) is 0 Å². The molecule has 0 amide bonds. The molecule has 6 heteroatoms. The Kier molecular flexibility index (Phi) is 8.32. The zero-order valence-corrected chi connectivity index (χ0v) is 35.2. The van der Waals surface area contributed by atoms with Crippen LogP contribution in [0.5, 0.6) is 0 Å². The molecular formula is C58H35N5S. The highest BCUT2D eigenvalue weighted by Crippen LogP contribution is 2.42. The quantitative estimate of drug-likeness (QED) is 0.157. The lowest BCUT2D eigenvalue weighted by Crippen LogP contribution is -2.00. The summed E-state index contributed by atoms with van der Waals surface area (Å²) in [5, 5.41) is 7.28. The van der Waals surface area contributed by atoms with Gasteiger partial charge in [-0.25, -0.2) is 19.9 Å². The maximum absolute atomic E-state index is 5.39. The number of thiophene rings is 1. The van der Waals surface area contributed by atoms with Crippen LogP contribution in [0.25, 0.3) is 126 Å². The fraction of sp³-hybridized carbons (Fsp3) is 0. The van der Waals surface area contributed by atoms with Gasteiger partial charge in [-0.1, -0.05) is 176 Å². The lowest BCUT2D eigenvalue weighted by molar-refractivity contribution is 1.07. The SMILES string of the molecule is c1ccc(-c2ccc(-c3nc(-c4ccc(-c5ccccc5)cc4)nc(-c4ccc(-c5cc6c7ccccc7sc6c6nc7cc8cc9ccccc9cc8cc7n56)cc4)n3)cc2)cc1. The predicted molar refractivity (Wildman–Crippen MR) is 267 cm³/mol. The average molecular weight is 834 g/mol. The van der Waals surface area contributed by atoms with E-state index in [0.29, 0.717) is 17.5 Å². The van der Waals surface area contributed by atoms with Crippen LogP contribution in [-0.2, 0) is 0 Å². The molecule has 0 radical (unpaired) electrons. The molecule has 64 heavy (non-hydrogen) atoms. The summed E-state index contributed by atoms with van der Waals surface area (Å²) < 4.78 is 4.79. The van der Waals surface area contributed by atoms with Gasteiger partial charge in [-0.3, -0.25) is 4.40 Å². The van der Waals surface area contributed by atoms with Crippen molar-refractivity contribution in [3.05, 3.63) is 212 Å². The first-order chi connectivity index (χ1) is 31.7. The van der Waals surface area contributed by atoms with Crippen molar-refractivity contribution in [3.8, 4) is 67.7 Å². The molecule has 4 heterocycles. The maximum Gasteiger partial charge on any atom is 0.164 e. The normalized spacial score (nSPS) is 11.8. The number of pyridine rings is 1. The van der Waals surface area contributed by atoms with Gasteiger partial charge in [0.15, 0.2) is 23.1 Å². The molecule has 0 N–H and O–H groups in total. The first-order valence-electron chi connectivity index (χ1n) is 21.4. The number of imidazole rings is 1. The Balaban J connectivity index is 0.958. The minimum Gasteiger partial charge on any atom is -0.291 e. The second-order valence-electron chi connectivity index (χ2n) is 16.3. The van der Waals surface area contributed by atoms with Gasteiger partial charge < -0.3 is 0 Å². The number of aromatic nitrogens is 5. The van der Waals surface area contributed by atoms with Gasteiger partial charge in [-0.05, 0) is 85.8 Å². The van der Waals surface area contributed by atoms with Gasteiger partial charge in [0.1, 0.15) is 0 Å². The van der Waals surface area contributed by atoms with Gasteiger partial charge >= 0.3 is 0 Å². The monoisotopic (exact) mass is 833 g/mol. The van der Waals surface area contributed by atoms with Gasteiger partial charge in [-0.15, -0.1) is 11.3 Å². The maximum atomic E-state index is 5.39. The smallest absolute Gasteiger partial charge is 0.164 e. The Morgan fingerprint density at radius 2 is 0.781 bits per heavy atom. The fourth-order valence-corrected chi connectivity index (χ4v) is 10.3. The van der Waals surface area contributed by atoms with E-state index in [1.807, 2.05) is 23.5 Å². The van der Waals surface area contributed by atoms with Crippen molar-refractivity contribution in [1.29, 1.82) is 0 Å². The molecule has 0 bridgehead atoms. The third-order valence-corrected chi connectivity index (χ3v) is 13.6. The molecule has 0 fully saturated rings. The van der Waals surface area contributed by atoms with Crippen LogP contribution in [0.15, 0.2) is 212 Å². The third kappa shape index (κ3) is 6.15. The van der Waals surface area contributed by atoms with Crippen LogP contribution in [0.4, 0.5) is 0 Å². The van der Waals surface area contributed by atoms with E-state index in [1.165, 1.54) is 52.8 Å². The molecule has 0 spiro atoms. The second kappa shape index (κ2) is 14.7. The lowest BCUT2D eigenvalue weighted by Gasteiger charge is -2.12. The van der Waals surface area contributed by atoms with Gasteiger partial charge in [0.05, 0.1) is 21.4 Å². The zero-order valence-electron chi connectivity index (χ0n) is 34.4. The molecular weight excluding hydrogens is 799 g/mol. The number of hydrogen-bond acceptors (Lipinski definition) is 5. The molecule has 13 rings (SSSR count). The summed E-state index contributed by atoms with van der Waals surface area (Å²) in [6.07, 6.45) is 0. The summed E-state index contributed by atoms with van der Waals surface area (Å²) in [5.74, 6) is 1.86. The minimum absolute atomic E-state index is 0.613. The molecule has 298 valence electrons. The second-order valence-corrected chi connectivity index (χ2v) is 17.4. The molecule has 9 aromatic carbocycles. The van der Waals surface area contributed by atoms with E-state index in [-0.39, 0.29) is 0 Å². The molecule has 0 aliphatic carbocycles. The predicted octanol–water partition coefficient (Wildman–Crippen LogP) is 15.3. The summed E-state index contributed by atoms with van der Waals surface area (Å²) in [6.45, 7) is 0. The first kappa shape index (κ1) is 36.3. The number of rotatable bonds is 6. The molecule has 4 aromatic heterocycles. The molecule has 0 saturated heterocycles. The van der Waals surface area contributed by atoms with Crippen LogP contribution in [0, 0.1) is 0 Å². The van der Waals surface area contributed by atoms with Gasteiger partial charge in [0.25, 0.3) is 0 Å². The van der Waals surface area contributed by atoms with Crippen LogP contribution in [0.1, 0.15) is 0 Å². The highest BCUT2D eigenvalue weighted by molar-refractivity contribution is 7.26. The van der Waals surface area contributed by atoms with Crippen molar-refractivity contribution in [2.24, 2.45) is 0 Å². The number of benzene rings is 9. The minimum atomic E-state index is 0.613. The van der Waals surface area contributed by atoms with E-state index in [4.69, 9.17) is 19.9 Å². The van der Waals surface area contributed by atoms with Crippen molar-refractivity contribution >= 4 is 69.7 Å². The largest absolute Gasteiger partial charge is 0.291 e. The highest BCUT2D eigenvalue weighted by Gasteiger charge is 2.19. The van der Waals surface area contributed by atoms with Crippen LogP contribution >= 0.6 is 11.3 Å². The van der Waals surface area contributed by atoms with E-state index in [0.717, 1.165) is 55.8 Å². The number of fused-ring (bicyclic) bond motifs is 9. The molecule has 0 aliphatic rings.